The molecule has 4 nitrogen and oxygen atoms in total. The highest BCUT2D eigenvalue weighted by Crippen LogP contribution is 2.38. The summed E-state index contributed by atoms with van der Waals surface area (Å²) in [5.74, 6) is 1.92. The van der Waals surface area contributed by atoms with Gasteiger partial charge in [-0.1, -0.05) is 13.8 Å². The molecule has 118 valence electrons. The van der Waals surface area contributed by atoms with E-state index in [-0.39, 0.29) is 11.7 Å². The summed E-state index contributed by atoms with van der Waals surface area (Å²) in [6.45, 7) is 4.79. The van der Waals surface area contributed by atoms with Gasteiger partial charge in [-0.25, -0.2) is 0 Å². The number of rotatable bonds is 8. The molecule has 1 atom stereocenters. The lowest BCUT2D eigenvalue weighted by Crippen LogP contribution is -2.20. The lowest BCUT2D eigenvalue weighted by molar-refractivity contribution is 0.0954. The molecular formula is C16H24BrNO3. The summed E-state index contributed by atoms with van der Waals surface area (Å²) in [5, 5.41) is 0. The van der Waals surface area contributed by atoms with Crippen molar-refractivity contribution in [3.8, 4) is 11.5 Å². The second kappa shape index (κ2) is 8.39. The average molecular weight is 358 g/mol. The molecule has 0 aliphatic carbocycles. The number of ketones is 1. The van der Waals surface area contributed by atoms with Gasteiger partial charge in [-0.15, -0.1) is 0 Å². The predicted octanol–water partition coefficient (Wildman–Crippen LogP) is 3.66. The zero-order chi connectivity index (χ0) is 16.0. The highest BCUT2D eigenvalue weighted by Gasteiger charge is 2.21. The Morgan fingerprint density at radius 3 is 2.43 bits per heavy atom. The van der Waals surface area contributed by atoms with Crippen LogP contribution < -0.4 is 15.2 Å². The van der Waals surface area contributed by atoms with Crippen LogP contribution in [-0.4, -0.2) is 26.5 Å². The topological polar surface area (TPSA) is 61.5 Å². The first kappa shape index (κ1) is 18.0. The number of benzene rings is 1. The van der Waals surface area contributed by atoms with E-state index in [1.807, 2.05) is 0 Å². The molecule has 0 saturated heterocycles. The predicted molar refractivity (Wildman–Crippen MR) is 88.2 cm³/mol. The van der Waals surface area contributed by atoms with E-state index < -0.39 is 0 Å². The van der Waals surface area contributed by atoms with Gasteiger partial charge in [0.25, 0.3) is 0 Å². The fourth-order valence-corrected chi connectivity index (χ4v) is 3.09. The quantitative estimate of drug-likeness (QED) is 0.721. The molecule has 0 spiro atoms. The summed E-state index contributed by atoms with van der Waals surface area (Å²) in [7, 11) is 3.12. The molecule has 0 saturated carbocycles. The first-order valence-corrected chi connectivity index (χ1v) is 7.87. The van der Waals surface area contributed by atoms with Crippen LogP contribution in [0.25, 0.3) is 0 Å². The second-order valence-electron chi connectivity index (χ2n) is 5.52. The number of methoxy groups -OCH3 is 2. The van der Waals surface area contributed by atoms with E-state index in [1.165, 1.54) is 0 Å². The Balaban J connectivity index is 2.99. The molecule has 21 heavy (non-hydrogen) atoms. The monoisotopic (exact) mass is 357 g/mol. The van der Waals surface area contributed by atoms with Crippen molar-refractivity contribution in [1.29, 1.82) is 0 Å². The lowest BCUT2D eigenvalue weighted by Gasteiger charge is -2.18. The third-order valence-corrected chi connectivity index (χ3v) is 4.15. The molecule has 0 fully saturated rings. The van der Waals surface area contributed by atoms with Crippen LogP contribution in [0.4, 0.5) is 0 Å². The van der Waals surface area contributed by atoms with Crippen LogP contribution in [0.3, 0.4) is 0 Å². The molecule has 0 aliphatic heterocycles. The highest BCUT2D eigenvalue weighted by molar-refractivity contribution is 9.10. The number of hydrogen-bond acceptors (Lipinski definition) is 4. The van der Waals surface area contributed by atoms with E-state index in [0.717, 1.165) is 6.42 Å². The number of hydrogen-bond donors (Lipinski definition) is 1. The summed E-state index contributed by atoms with van der Waals surface area (Å²) < 4.78 is 11.2. The van der Waals surface area contributed by atoms with Gasteiger partial charge in [0.1, 0.15) is 16.0 Å². The number of ether oxygens (including phenoxy) is 2. The standard InChI is InChI=1S/C16H24BrNO3/c1-10(2)7-11(9-18)8-13(19)12-5-6-14(20-3)15(17)16(12)21-4/h5-6,10-11H,7-9,18H2,1-4H3. The molecule has 0 aromatic heterocycles. The van der Waals surface area contributed by atoms with Crippen molar-refractivity contribution >= 4 is 21.7 Å². The van der Waals surface area contributed by atoms with Crippen LogP contribution in [0.2, 0.25) is 0 Å². The number of nitrogens with two attached hydrogens (primary N) is 1. The Bertz CT molecular complexity index is 489. The third kappa shape index (κ3) is 4.71. The molecule has 2 N–H and O–H groups in total. The van der Waals surface area contributed by atoms with Gasteiger partial charge in [-0.2, -0.15) is 0 Å². The van der Waals surface area contributed by atoms with E-state index in [2.05, 4.69) is 29.8 Å². The van der Waals surface area contributed by atoms with E-state index in [4.69, 9.17) is 15.2 Å². The maximum Gasteiger partial charge on any atom is 0.166 e. The summed E-state index contributed by atoms with van der Waals surface area (Å²) in [6.07, 6.45) is 1.38. The molecule has 0 aliphatic rings. The first-order chi connectivity index (χ1) is 9.94. The highest BCUT2D eigenvalue weighted by atomic mass is 79.9. The maximum absolute atomic E-state index is 12.5. The van der Waals surface area contributed by atoms with Gasteiger partial charge in [0.2, 0.25) is 0 Å². The van der Waals surface area contributed by atoms with Crippen molar-refractivity contribution in [3.05, 3.63) is 22.2 Å². The number of carbonyl (C=O) groups excluding carboxylic acids is 1. The largest absolute Gasteiger partial charge is 0.495 e. The van der Waals surface area contributed by atoms with E-state index >= 15 is 0 Å². The molecule has 1 rings (SSSR count). The zero-order valence-corrected chi connectivity index (χ0v) is 14.7. The van der Waals surface area contributed by atoms with Gasteiger partial charge < -0.3 is 15.2 Å². The van der Waals surface area contributed by atoms with Crippen LogP contribution in [-0.2, 0) is 0 Å². The Hall–Kier alpha value is -1.07. The van der Waals surface area contributed by atoms with Gasteiger partial charge in [0.05, 0.1) is 19.8 Å². The number of halogens is 1. The minimum Gasteiger partial charge on any atom is -0.495 e. The summed E-state index contributed by atoms with van der Waals surface area (Å²) >= 11 is 3.42. The molecule has 1 aromatic rings. The summed E-state index contributed by atoms with van der Waals surface area (Å²) in [5.41, 5.74) is 6.34. The fraction of sp³-hybridized carbons (Fsp3) is 0.562. The maximum atomic E-state index is 12.5. The summed E-state index contributed by atoms with van der Waals surface area (Å²) in [4.78, 5) is 12.5. The van der Waals surface area contributed by atoms with Crippen molar-refractivity contribution in [3.63, 3.8) is 0 Å². The van der Waals surface area contributed by atoms with Crippen LogP contribution >= 0.6 is 15.9 Å². The van der Waals surface area contributed by atoms with Gasteiger partial charge >= 0.3 is 0 Å². The Kier molecular flexibility index (Phi) is 7.18. The fourth-order valence-electron chi connectivity index (χ4n) is 2.42. The normalized spacial score (nSPS) is 12.3. The van der Waals surface area contributed by atoms with Crippen LogP contribution in [0.1, 0.15) is 37.0 Å². The van der Waals surface area contributed by atoms with Crippen molar-refractivity contribution in [2.45, 2.75) is 26.7 Å². The van der Waals surface area contributed by atoms with Crippen LogP contribution in [0.5, 0.6) is 11.5 Å². The van der Waals surface area contributed by atoms with Crippen LogP contribution in [0.15, 0.2) is 16.6 Å². The zero-order valence-electron chi connectivity index (χ0n) is 13.1. The molecule has 0 amide bonds. The van der Waals surface area contributed by atoms with E-state index in [0.29, 0.717) is 40.4 Å². The first-order valence-electron chi connectivity index (χ1n) is 7.08. The molecule has 0 radical (unpaired) electrons. The SMILES string of the molecule is COc1ccc(C(=O)CC(CN)CC(C)C)c(OC)c1Br. The molecule has 1 aromatic carbocycles. The smallest absolute Gasteiger partial charge is 0.166 e. The summed E-state index contributed by atoms with van der Waals surface area (Å²) in [6, 6.07) is 3.51. The minimum absolute atomic E-state index is 0.0475. The number of carbonyl (C=O) groups is 1. The van der Waals surface area contributed by atoms with Gasteiger partial charge in [-0.05, 0) is 52.9 Å². The van der Waals surface area contributed by atoms with E-state index in [1.54, 1.807) is 26.4 Å². The average Bonchev–Trinajstić information content (AvgIpc) is 2.45. The molecule has 1 unspecified atom stereocenters. The van der Waals surface area contributed by atoms with Gasteiger partial charge in [-0.3, -0.25) is 4.79 Å². The van der Waals surface area contributed by atoms with E-state index in [9.17, 15) is 4.79 Å². The third-order valence-electron chi connectivity index (χ3n) is 3.40. The van der Waals surface area contributed by atoms with Crippen molar-refractivity contribution in [2.24, 2.45) is 17.6 Å². The molecule has 0 heterocycles. The second-order valence-corrected chi connectivity index (χ2v) is 6.31. The minimum atomic E-state index is 0.0475. The molecule has 0 bridgehead atoms. The Morgan fingerprint density at radius 1 is 1.29 bits per heavy atom. The van der Waals surface area contributed by atoms with Crippen molar-refractivity contribution < 1.29 is 14.3 Å². The van der Waals surface area contributed by atoms with Crippen LogP contribution in [0, 0.1) is 11.8 Å². The Morgan fingerprint density at radius 2 is 1.95 bits per heavy atom. The van der Waals surface area contributed by atoms with Crippen molar-refractivity contribution in [1.82, 2.24) is 0 Å². The molecule has 5 heteroatoms. The van der Waals surface area contributed by atoms with Gasteiger partial charge in [0.15, 0.2) is 5.78 Å². The lowest BCUT2D eigenvalue weighted by atomic mass is 9.90. The number of Topliss-reactive ketones (excluding diaryl/α,β-unsaturated/α-hetero) is 1. The molecular weight excluding hydrogens is 334 g/mol. The Labute approximate surface area is 135 Å². The van der Waals surface area contributed by atoms with Crippen molar-refractivity contribution in [2.75, 3.05) is 20.8 Å². The van der Waals surface area contributed by atoms with Gasteiger partial charge in [0, 0.05) is 6.42 Å².